The van der Waals surface area contributed by atoms with Gasteiger partial charge < -0.3 is 20.2 Å². The number of nitrogens with one attached hydrogen (secondary N) is 1. The number of hydrogen-bond donors (Lipinski definition) is 2. The van der Waals surface area contributed by atoms with E-state index in [0.717, 1.165) is 39.0 Å². The third-order valence-corrected chi connectivity index (χ3v) is 4.46. The topological polar surface area (TPSA) is 55.8 Å². The molecule has 0 saturated carbocycles. The second-order valence-electron chi connectivity index (χ2n) is 6.42. The number of aliphatic hydroxyl groups is 1. The van der Waals surface area contributed by atoms with E-state index in [-0.39, 0.29) is 18.6 Å². The number of aryl methyl sites for hydroxylation is 1. The summed E-state index contributed by atoms with van der Waals surface area (Å²) in [5.41, 5.74) is 2.55. The lowest BCUT2D eigenvalue weighted by molar-refractivity contribution is 0.197. The summed E-state index contributed by atoms with van der Waals surface area (Å²) in [5.74, 6) is 0.232. The van der Waals surface area contributed by atoms with E-state index in [1.807, 2.05) is 11.8 Å². The Bertz CT molecular complexity index is 507. The smallest absolute Gasteiger partial charge is 0.317 e. The van der Waals surface area contributed by atoms with Gasteiger partial charge in [-0.3, -0.25) is 0 Å². The summed E-state index contributed by atoms with van der Waals surface area (Å²) in [6.45, 7) is 8.30. The maximum absolute atomic E-state index is 12.3. The van der Waals surface area contributed by atoms with Crippen LogP contribution in [0.15, 0.2) is 24.3 Å². The highest BCUT2D eigenvalue weighted by molar-refractivity contribution is 5.74. The first-order chi connectivity index (χ1) is 11.1. The van der Waals surface area contributed by atoms with E-state index in [0.29, 0.717) is 6.54 Å². The fourth-order valence-corrected chi connectivity index (χ4v) is 2.91. The summed E-state index contributed by atoms with van der Waals surface area (Å²) in [6.07, 6.45) is 1.79. The van der Waals surface area contributed by atoms with Crippen molar-refractivity contribution in [3.8, 4) is 0 Å². The van der Waals surface area contributed by atoms with Crippen LogP contribution >= 0.6 is 0 Å². The molecule has 5 heteroatoms. The summed E-state index contributed by atoms with van der Waals surface area (Å²) in [7, 11) is 0. The van der Waals surface area contributed by atoms with Crippen molar-refractivity contribution in [1.29, 1.82) is 0 Å². The predicted octanol–water partition coefficient (Wildman–Crippen LogP) is 2.24. The molecule has 1 aromatic rings. The number of rotatable bonds is 5. The largest absolute Gasteiger partial charge is 0.396 e. The van der Waals surface area contributed by atoms with Gasteiger partial charge in [0.25, 0.3) is 0 Å². The zero-order valence-electron chi connectivity index (χ0n) is 14.3. The Hall–Kier alpha value is -1.75. The molecule has 2 rings (SSSR count). The third kappa shape index (κ3) is 5.13. The molecule has 23 heavy (non-hydrogen) atoms. The van der Waals surface area contributed by atoms with Crippen LogP contribution in [-0.2, 0) is 0 Å². The van der Waals surface area contributed by atoms with Gasteiger partial charge in [0.1, 0.15) is 0 Å². The molecule has 2 amide bonds. The Morgan fingerprint density at radius 1 is 1.26 bits per heavy atom. The molecule has 5 nitrogen and oxygen atoms in total. The van der Waals surface area contributed by atoms with Gasteiger partial charge in [-0.2, -0.15) is 0 Å². The van der Waals surface area contributed by atoms with Crippen molar-refractivity contribution in [2.75, 3.05) is 44.2 Å². The van der Waals surface area contributed by atoms with E-state index in [4.69, 9.17) is 5.11 Å². The number of benzene rings is 1. The molecular formula is C18H29N3O2. The normalized spacial score (nSPS) is 16.8. The van der Waals surface area contributed by atoms with Gasteiger partial charge >= 0.3 is 6.03 Å². The first-order valence-electron chi connectivity index (χ1n) is 8.56. The summed E-state index contributed by atoms with van der Waals surface area (Å²) in [4.78, 5) is 16.5. The number of aliphatic hydroxyl groups excluding tert-OH is 1. The average Bonchev–Trinajstić information content (AvgIpc) is 2.81. The Balaban J connectivity index is 1.84. The van der Waals surface area contributed by atoms with Crippen molar-refractivity contribution in [3.63, 3.8) is 0 Å². The van der Waals surface area contributed by atoms with Crippen LogP contribution in [0.1, 0.15) is 25.3 Å². The van der Waals surface area contributed by atoms with Gasteiger partial charge in [0.2, 0.25) is 0 Å². The van der Waals surface area contributed by atoms with Crippen LogP contribution in [0.3, 0.4) is 0 Å². The number of carbonyl (C=O) groups is 1. The van der Waals surface area contributed by atoms with E-state index >= 15 is 0 Å². The molecule has 0 spiro atoms. The van der Waals surface area contributed by atoms with Crippen molar-refractivity contribution < 1.29 is 9.90 Å². The van der Waals surface area contributed by atoms with Crippen molar-refractivity contribution in [2.45, 2.75) is 26.7 Å². The standard InChI is InChI=1S/C18H29N3O2/c1-15(14-22)8-9-19-18(23)21-11-5-10-20(12-13-21)17-7-4-3-6-16(17)2/h3-4,6-7,15,22H,5,8-14H2,1-2H3,(H,19,23)/t15-/m1/s1. The first kappa shape index (κ1) is 17.6. The van der Waals surface area contributed by atoms with Crippen LogP contribution in [0.2, 0.25) is 0 Å². The van der Waals surface area contributed by atoms with Crippen LogP contribution < -0.4 is 10.2 Å². The maximum Gasteiger partial charge on any atom is 0.317 e. The van der Waals surface area contributed by atoms with E-state index in [9.17, 15) is 4.79 Å². The highest BCUT2D eigenvalue weighted by atomic mass is 16.3. The fourth-order valence-electron chi connectivity index (χ4n) is 2.91. The number of hydrogen-bond acceptors (Lipinski definition) is 3. The van der Waals surface area contributed by atoms with Gasteiger partial charge in [0.15, 0.2) is 0 Å². The van der Waals surface area contributed by atoms with Gasteiger partial charge in [-0.25, -0.2) is 4.79 Å². The van der Waals surface area contributed by atoms with Gasteiger partial charge in [-0.15, -0.1) is 0 Å². The maximum atomic E-state index is 12.3. The summed E-state index contributed by atoms with van der Waals surface area (Å²) < 4.78 is 0. The Morgan fingerprint density at radius 3 is 2.78 bits per heavy atom. The summed E-state index contributed by atoms with van der Waals surface area (Å²) >= 11 is 0. The van der Waals surface area contributed by atoms with Crippen LogP contribution in [0.5, 0.6) is 0 Å². The van der Waals surface area contributed by atoms with E-state index in [1.165, 1.54) is 11.3 Å². The zero-order chi connectivity index (χ0) is 16.7. The number of para-hydroxylation sites is 1. The molecule has 1 aliphatic rings. The first-order valence-corrected chi connectivity index (χ1v) is 8.56. The van der Waals surface area contributed by atoms with Crippen LogP contribution in [-0.4, -0.2) is 55.4 Å². The van der Waals surface area contributed by atoms with Gasteiger partial charge in [-0.05, 0) is 37.3 Å². The third-order valence-electron chi connectivity index (χ3n) is 4.46. The molecule has 0 aromatic heterocycles. The lowest BCUT2D eigenvalue weighted by atomic mass is 10.1. The highest BCUT2D eigenvalue weighted by Gasteiger charge is 2.19. The second kappa shape index (κ2) is 8.77. The van der Waals surface area contributed by atoms with E-state index < -0.39 is 0 Å². The monoisotopic (exact) mass is 319 g/mol. The molecule has 1 aromatic carbocycles. The summed E-state index contributed by atoms with van der Waals surface area (Å²) in [5, 5.41) is 12.0. The van der Waals surface area contributed by atoms with Gasteiger partial charge in [0.05, 0.1) is 0 Å². The Labute approximate surface area is 139 Å². The SMILES string of the molecule is Cc1ccccc1N1CCCN(C(=O)NCC[C@@H](C)CO)CC1. The van der Waals surface area contributed by atoms with Crippen molar-refractivity contribution in [3.05, 3.63) is 29.8 Å². The Morgan fingerprint density at radius 2 is 2.04 bits per heavy atom. The molecule has 128 valence electrons. The minimum Gasteiger partial charge on any atom is -0.396 e. The van der Waals surface area contributed by atoms with Crippen molar-refractivity contribution in [2.24, 2.45) is 5.92 Å². The molecule has 1 saturated heterocycles. The quantitative estimate of drug-likeness (QED) is 0.875. The van der Waals surface area contributed by atoms with Crippen molar-refractivity contribution >= 4 is 11.7 Å². The predicted molar refractivity (Wildman–Crippen MR) is 93.8 cm³/mol. The second-order valence-corrected chi connectivity index (χ2v) is 6.42. The molecule has 0 aliphatic carbocycles. The minimum atomic E-state index is 0.0155. The van der Waals surface area contributed by atoms with E-state index in [2.05, 4.69) is 41.4 Å². The molecule has 1 atom stereocenters. The molecule has 1 fully saturated rings. The van der Waals surface area contributed by atoms with Crippen LogP contribution in [0, 0.1) is 12.8 Å². The average molecular weight is 319 g/mol. The molecule has 2 N–H and O–H groups in total. The molecule has 0 bridgehead atoms. The molecule has 1 heterocycles. The van der Waals surface area contributed by atoms with Crippen molar-refractivity contribution in [1.82, 2.24) is 10.2 Å². The van der Waals surface area contributed by atoms with Gasteiger partial charge in [-0.1, -0.05) is 25.1 Å². The number of carbonyl (C=O) groups excluding carboxylic acids is 1. The van der Waals surface area contributed by atoms with Crippen LogP contribution in [0.4, 0.5) is 10.5 Å². The van der Waals surface area contributed by atoms with Crippen LogP contribution in [0.25, 0.3) is 0 Å². The number of amides is 2. The summed E-state index contributed by atoms with van der Waals surface area (Å²) in [6, 6.07) is 8.43. The lowest BCUT2D eigenvalue weighted by Crippen LogP contribution is -2.42. The Kier molecular flexibility index (Phi) is 6.71. The lowest BCUT2D eigenvalue weighted by Gasteiger charge is -2.25. The fraction of sp³-hybridized carbons (Fsp3) is 0.611. The number of anilines is 1. The number of urea groups is 1. The molecule has 0 radical (unpaired) electrons. The molecule has 0 unspecified atom stereocenters. The number of nitrogens with zero attached hydrogens (tertiary/aromatic N) is 2. The minimum absolute atomic E-state index is 0.0155. The molecule has 1 aliphatic heterocycles. The molecular weight excluding hydrogens is 290 g/mol. The van der Waals surface area contributed by atoms with E-state index in [1.54, 1.807) is 0 Å². The van der Waals surface area contributed by atoms with Gasteiger partial charge in [0, 0.05) is 45.0 Å². The highest BCUT2D eigenvalue weighted by Crippen LogP contribution is 2.20. The zero-order valence-corrected chi connectivity index (χ0v) is 14.3.